The fourth-order valence-corrected chi connectivity index (χ4v) is 5.26. The lowest BCUT2D eigenvalue weighted by Crippen LogP contribution is -2.39. The molecule has 5 rings (SSSR count). The Hall–Kier alpha value is -2.96. The molecule has 4 atom stereocenters. The minimum Gasteiger partial charge on any atom is -0.339 e. The first kappa shape index (κ1) is 18.1. The van der Waals surface area contributed by atoms with Crippen LogP contribution in [-0.4, -0.2) is 53.1 Å². The zero-order chi connectivity index (χ0) is 20.1. The topological polar surface area (TPSA) is 86.8 Å². The van der Waals surface area contributed by atoms with Crippen molar-refractivity contribution >= 4 is 29.3 Å². The van der Waals surface area contributed by atoms with E-state index in [-0.39, 0.29) is 47.9 Å². The van der Waals surface area contributed by atoms with Crippen molar-refractivity contribution in [3.63, 3.8) is 0 Å². The number of nitrogens with one attached hydrogen (secondary N) is 1. The number of rotatable bonds is 4. The highest BCUT2D eigenvalue weighted by molar-refractivity contribution is 6.09. The molecule has 2 aliphatic carbocycles. The second kappa shape index (κ2) is 6.83. The molecule has 0 radical (unpaired) electrons. The summed E-state index contributed by atoms with van der Waals surface area (Å²) >= 11 is 0. The Kier molecular flexibility index (Phi) is 4.26. The fourth-order valence-electron chi connectivity index (χ4n) is 5.26. The number of hydrogen-bond donors (Lipinski definition) is 1. The molecule has 0 spiro atoms. The van der Waals surface area contributed by atoms with Gasteiger partial charge in [0.25, 0.3) is 5.91 Å². The molecule has 2 saturated heterocycles. The Morgan fingerprint density at radius 1 is 0.931 bits per heavy atom. The summed E-state index contributed by atoms with van der Waals surface area (Å²) in [6, 6.07) is 6.73. The summed E-state index contributed by atoms with van der Waals surface area (Å²) in [4.78, 5) is 53.1. The number of anilines is 1. The monoisotopic (exact) mass is 393 g/mol. The average Bonchev–Trinajstić information content (AvgIpc) is 3.50. The highest BCUT2D eigenvalue weighted by Gasteiger charge is 2.59. The third kappa shape index (κ3) is 2.96. The van der Waals surface area contributed by atoms with Gasteiger partial charge in [-0.05, 0) is 55.4 Å². The Morgan fingerprint density at radius 3 is 2.10 bits per heavy atom. The van der Waals surface area contributed by atoms with Crippen LogP contribution in [0.2, 0.25) is 0 Å². The van der Waals surface area contributed by atoms with Gasteiger partial charge in [0.2, 0.25) is 17.7 Å². The summed E-state index contributed by atoms with van der Waals surface area (Å²) in [5.74, 6) is -1.17. The lowest BCUT2D eigenvalue weighted by atomic mass is 9.85. The quantitative estimate of drug-likeness (QED) is 0.623. The van der Waals surface area contributed by atoms with Gasteiger partial charge in [-0.1, -0.05) is 12.2 Å². The molecule has 1 aromatic carbocycles. The van der Waals surface area contributed by atoms with E-state index in [0.717, 1.165) is 37.3 Å². The predicted octanol–water partition coefficient (Wildman–Crippen LogP) is 1.67. The molecule has 29 heavy (non-hydrogen) atoms. The van der Waals surface area contributed by atoms with Crippen molar-refractivity contribution in [2.45, 2.75) is 19.3 Å². The van der Waals surface area contributed by atoms with E-state index < -0.39 is 5.91 Å². The van der Waals surface area contributed by atoms with E-state index in [9.17, 15) is 19.2 Å². The molecule has 4 unspecified atom stereocenters. The number of amides is 4. The molecule has 7 heteroatoms. The largest absolute Gasteiger partial charge is 0.339 e. The van der Waals surface area contributed by atoms with Gasteiger partial charge in [-0.3, -0.25) is 24.1 Å². The van der Waals surface area contributed by atoms with Crippen LogP contribution >= 0.6 is 0 Å². The van der Waals surface area contributed by atoms with Gasteiger partial charge in [-0.25, -0.2) is 0 Å². The van der Waals surface area contributed by atoms with Crippen LogP contribution in [0.3, 0.4) is 0 Å². The number of hydrogen-bond acceptors (Lipinski definition) is 4. The molecule has 1 N–H and O–H groups in total. The molecule has 0 aromatic heterocycles. The van der Waals surface area contributed by atoms with Crippen LogP contribution in [0.5, 0.6) is 0 Å². The van der Waals surface area contributed by atoms with Gasteiger partial charge in [0.15, 0.2) is 0 Å². The van der Waals surface area contributed by atoms with Crippen LogP contribution in [0.4, 0.5) is 5.69 Å². The van der Waals surface area contributed by atoms with Crippen molar-refractivity contribution in [1.29, 1.82) is 0 Å². The Balaban J connectivity index is 1.21. The Bertz CT molecular complexity index is 886. The third-order valence-electron chi connectivity index (χ3n) is 6.67. The Morgan fingerprint density at radius 2 is 1.52 bits per heavy atom. The van der Waals surface area contributed by atoms with Crippen molar-refractivity contribution in [3.8, 4) is 0 Å². The zero-order valence-electron chi connectivity index (χ0n) is 16.0. The molecule has 2 bridgehead atoms. The number of allylic oxidation sites excluding steroid dienone is 2. The number of likely N-dealkylation sites (tertiary alicyclic amines) is 2. The van der Waals surface area contributed by atoms with Gasteiger partial charge in [-0.2, -0.15) is 0 Å². The summed E-state index contributed by atoms with van der Waals surface area (Å²) in [7, 11) is 0. The van der Waals surface area contributed by atoms with Crippen LogP contribution < -0.4 is 5.32 Å². The van der Waals surface area contributed by atoms with E-state index >= 15 is 0 Å². The van der Waals surface area contributed by atoms with Gasteiger partial charge < -0.3 is 10.2 Å². The molecule has 1 saturated carbocycles. The van der Waals surface area contributed by atoms with E-state index in [0.29, 0.717) is 11.3 Å². The summed E-state index contributed by atoms with van der Waals surface area (Å²) < 4.78 is 0. The van der Waals surface area contributed by atoms with Crippen LogP contribution in [0.1, 0.15) is 29.6 Å². The minimum atomic E-state index is -0.411. The van der Waals surface area contributed by atoms with Crippen LogP contribution in [0.15, 0.2) is 36.4 Å². The van der Waals surface area contributed by atoms with Crippen LogP contribution in [0.25, 0.3) is 0 Å². The molecule has 150 valence electrons. The molecule has 4 aliphatic rings. The number of fused-ring (bicyclic) bond motifs is 5. The molecule has 2 aliphatic heterocycles. The van der Waals surface area contributed by atoms with E-state index in [4.69, 9.17) is 0 Å². The maximum absolute atomic E-state index is 12.7. The van der Waals surface area contributed by atoms with Gasteiger partial charge in [0.05, 0.1) is 11.8 Å². The number of imide groups is 1. The highest BCUT2D eigenvalue weighted by Crippen LogP contribution is 2.52. The van der Waals surface area contributed by atoms with Gasteiger partial charge in [0, 0.05) is 24.3 Å². The lowest BCUT2D eigenvalue weighted by molar-refractivity contribution is -0.143. The van der Waals surface area contributed by atoms with E-state index in [1.54, 1.807) is 24.3 Å². The standard InChI is InChI=1S/C22H23N3O4/c26-17(12-25-21(28)18-14-3-4-15(11-14)19(18)22(25)29)23-16-7-5-13(6-8-16)20(27)24-9-1-2-10-24/h3-8,14-15,18-19H,1-2,9-12H2,(H,23,26). The molecular weight excluding hydrogens is 370 g/mol. The second-order valence-corrected chi connectivity index (χ2v) is 8.39. The number of carbonyl (C=O) groups is 4. The SMILES string of the molecule is O=C(CN1C(=O)C2C3C=CC(C3)C2C1=O)Nc1ccc(C(=O)N2CCCC2)cc1. The first-order valence-corrected chi connectivity index (χ1v) is 10.3. The van der Waals surface area contributed by atoms with Gasteiger partial charge in [-0.15, -0.1) is 0 Å². The predicted molar refractivity (Wildman–Crippen MR) is 105 cm³/mol. The Labute approximate surface area is 168 Å². The van der Waals surface area contributed by atoms with E-state index in [2.05, 4.69) is 5.32 Å². The second-order valence-electron chi connectivity index (χ2n) is 8.39. The maximum atomic E-state index is 12.7. The number of nitrogens with zero attached hydrogens (tertiary/aromatic N) is 2. The van der Waals surface area contributed by atoms with Crippen molar-refractivity contribution in [1.82, 2.24) is 9.80 Å². The number of benzene rings is 1. The normalized spacial score (nSPS) is 29.7. The van der Waals surface area contributed by atoms with Crippen molar-refractivity contribution in [2.24, 2.45) is 23.7 Å². The summed E-state index contributed by atoms with van der Waals surface area (Å²) in [5.41, 5.74) is 1.12. The molecule has 2 heterocycles. The summed E-state index contributed by atoms with van der Waals surface area (Å²) in [6.45, 7) is 1.31. The first-order chi connectivity index (χ1) is 14.0. The first-order valence-electron chi connectivity index (χ1n) is 10.3. The van der Waals surface area contributed by atoms with E-state index in [1.165, 1.54) is 0 Å². The summed E-state index contributed by atoms with van der Waals surface area (Å²) in [6.07, 6.45) is 7.01. The average molecular weight is 393 g/mol. The molecular formula is C22H23N3O4. The third-order valence-corrected chi connectivity index (χ3v) is 6.67. The van der Waals surface area contributed by atoms with Gasteiger partial charge >= 0.3 is 0 Å². The molecule has 1 aromatic rings. The molecule has 3 fully saturated rings. The zero-order valence-corrected chi connectivity index (χ0v) is 16.0. The molecule has 4 amide bonds. The smallest absolute Gasteiger partial charge is 0.253 e. The van der Waals surface area contributed by atoms with Gasteiger partial charge in [0.1, 0.15) is 6.54 Å². The van der Waals surface area contributed by atoms with Crippen LogP contribution in [0, 0.1) is 23.7 Å². The highest BCUT2D eigenvalue weighted by atomic mass is 16.2. The van der Waals surface area contributed by atoms with E-state index in [1.807, 2.05) is 17.1 Å². The van der Waals surface area contributed by atoms with Crippen LogP contribution in [-0.2, 0) is 14.4 Å². The number of carbonyl (C=O) groups excluding carboxylic acids is 4. The maximum Gasteiger partial charge on any atom is 0.253 e. The van der Waals surface area contributed by atoms with Crippen molar-refractivity contribution < 1.29 is 19.2 Å². The van der Waals surface area contributed by atoms with Crippen molar-refractivity contribution in [3.05, 3.63) is 42.0 Å². The lowest BCUT2D eigenvalue weighted by Gasteiger charge is -2.17. The molecule has 7 nitrogen and oxygen atoms in total. The van der Waals surface area contributed by atoms with Crippen molar-refractivity contribution in [2.75, 3.05) is 25.0 Å². The fraction of sp³-hybridized carbons (Fsp3) is 0.455. The minimum absolute atomic E-state index is 0.00316. The summed E-state index contributed by atoms with van der Waals surface area (Å²) in [5, 5.41) is 2.72.